The summed E-state index contributed by atoms with van der Waals surface area (Å²) in [6.45, 7) is -0.275. The third-order valence-electron chi connectivity index (χ3n) is 4.17. The molecule has 0 bridgehead atoms. The fraction of sp³-hybridized carbons (Fsp3) is 0.375. The Morgan fingerprint density at radius 2 is 2.04 bits per heavy atom. The molecule has 0 N–H and O–H groups in total. The summed E-state index contributed by atoms with van der Waals surface area (Å²) in [6.07, 6.45) is 1.92. The summed E-state index contributed by atoms with van der Waals surface area (Å²) in [5.74, 6) is -3.69. The van der Waals surface area contributed by atoms with Crippen LogP contribution in [0.15, 0.2) is 17.6 Å². The standard InChI is InChI=1S/C16H14ClF3N2OS/c17-6-16(23)22(7-11-12(19)3-9(18)4-13(11)20)10-1-2-14-15(5-10)24-8-21-14/h3-4,8,10H,1-2,5-7H2. The first-order valence-electron chi connectivity index (χ1n) is 7.39. The van der Waals surface area contributed by atoms with Crippen LogP contribution in [-0.2, 0) is 24.2 Å². The van der Waals surface area contributed by atoms with Crippen LogP contribution >= 0.6 is 22.9 Å². The van der Waals surface area contributed by atoms with Gasteiger partial charge in [-0.15, -0.1) is 22.9 Å². The summed E-state index contributed by atoms with van der Waals surface area (Å²) in [5, 5.41) is 0. The SMILES string of the molecule is O=C(CCl)N(Cc1c(F)cc(F)cc1F)C1CCc2ncsc2C1. The van der Waals surface area contributed by atoms with E-state index in [1.54, 1.807) is 5.51 Å². The van der Waals surface area contributed by atoms with Crippen molar-refractivity contribution >= 4 is 28.8 Å². The molecule has 1 amide bonds. The Morgan fingerprint density at radius 3 is 2.71 bits per heavy atom. The molecule has 0 saturated carbocycles. The van der Waals surface area contributed by atoms with Gasteiger partial charge in [0.15, 0.2) is 0 Å². The van der Waals surface area contributed by atoms with Gasteiger partial charge in [-0.1, -0.05) is 0 Å². The van der Waals surface area contributed by atoms with Gasteiger partial charge in [-0.2, -0.15) is 0 Å². The van der Waals surface area contributed by atoms with E-state index in [-0.39, 0.29) is 24.0 Å². The molecule has 3 rings (SSSR count). The highest BCUT2D eigenvalue weighted by Gasteiger charge is 2.30. The average molecular weight is 375 g/mol. The number of hydrogen-bond donors (Lipinski definition) is 0. The van der Waals surface area contributed by atoms with Crippen molar-refractivity contribution in [1.82, 2.24) is 9.88 Å². The number of nitrogens with zero attached hydrogens (tertiary/aromatic N) is 2. The summed E-state index contributed by atoms with van der Waals surface area (Å²) >= 11 is 7.17. The summed E-state index contributed by atoms with van der Waals surface area (Å²) in [4.78, 5) is 18.9. The fourth-order valence-corrected chi connectivity index (χ4v) is 3.98. The Kier molecular flexibility index (Phi) is 5.10. The van der Waals surface area contributed by atoms with Gasteiger partial charge in [-0.25, -0.2) is 18.2 Å². The smallest absolute Gasteiger partial charge is 0.238 e. The van der Waals surface area contributed by atoms with Crippen LogP contribution in [0.3, 0.4) is 0 Å². The van der Waals surface area contributed by atoms with Crippen molar-refractivity contribution in [2.75, 3.05) is 5.88 Å². The summed E-state index contributed by atoms with van der Waals surface area (Å²) in [5.41, 5.74) is 2.43. The lowest BCUT2D eigenvalue weighted by molar-refractivity contribution is -0.131. The number of carbonyl (C=O) groups is 1. The van der Waals surface area contributed by atoms with Crippen LogP contribution in [0.4, 0.5) is 13.2 Å². The van der Waals surface area contributed by atoms with Gasteiger partial charge >= 0.3 is 0 Å². The molecular formula is C16H14ClF3N2OS. The van der Waals surface area contributed by atoms with Gasteiger partial charge in [0.1, 0.15) is 23.3 Å². The normalized spacial score (nSPS) is 16.8. The number of benzene rings is 1. The molecule has 1 aliphatic carbocycles. The van der Waals surface area contributed by atoms with Crippen molar-refractivity contribution in [2.45, 2.75) is 31.8 Å². The number of thiazole rings is 1. The van der Waals surface area contributed by atoms with Gasteiger partial charge < -0.3 is 4.90 Å². The van der Waals surface area contributed by atoms with Gasteiger partial charge in [0.05, 0.1) is 17.7 Å². The summed E-state index contributed by atoms with van der Waals surface area (Å²) < 4.78 is 40.9. The van der Waals surface area contributed by atoms with Gasteiger partial charge in [0.2, 0.25) is 5.91 Å². The molecule has 0 aliphatic heterocycles. The average Bonchev–Trinajstić information content (AvgIpc) is 3.01. The number of amides is 1. The molecule has 24 heavy (non-hydrogen) atoms. The lowest BCUT2D eigenvalue weighted by Crippen LogP contribution is -2.43. The number of hydrogen-bond acceptors (Lipinski definition) is 3. The van der Waals surface area contributed by atoms with Gasteiger partial charge in [-0.05, 0) is 12.8 Å². The minimum absolute atomic E-state index is 0.215. The topological polar surface area (TPSA) is 33.2 Å². The van der Waals surface area contributed by atoms with Crippen molar-refractivity contribution in [1.29, 1.82) is 0 Å². The molecule has 128 valence electrons. The molecule has 1 aromatic heterocycles. The number of rotatable bonds is 4. The van der Waals surface area contributed by atoms with Crippen LogP contribution in [-0.4, -0.2) is 27.7 Å². The minimum atomic E-state index is -1.01. The van der Waals surface area contributed by atoms with Crippen LogP contribution in [0.1, 0.15) is 22.6 Å². The molecular weight excluding hydrogens is 361 g/mol. The molecule has 1 atom stereocenters. The monoisotopic (exact) mass is 374 g/mol. The van der Waals surface area contributed by atoms with E-state index in [9.17, 15) is 18.0 Å². The second kappa shape index (κ2) is 7.11. The van der Waals surface area contributed by atoms with Crippen LogP contribution in [0.25, 0.3) is 0 Å². The predicted octanol–water partition coefficient (Wildman–Crippen LogP) is 3.69. The number of halogens is 4. The molecule has 0 radical (unpaired) electrons. The highest BCUT2D eigenvalue weighted by Crippen LogP contribution is 2.28. The molecule has 8 heteroatoms. The van der Waals surface area contributed by atoms with Gasteiger partial charge in [-0.3, -0.25) is 4.79 Å². The first kappa shape index (κ1) is 17.2. The van der Waals surface area contributed by atoms with Crippen molar-refractivity contribution in [3.8, 4) is 0 Å². The largest absolute Gasteiger partial charge is 0.334 e. The van der Waals surface area contributed by atoms with E-state index in [2.05, 4.69) is 4.98 Å². The Bertz CT molecular complexity index is 745. The van der Waals surface area contributed by atoms with E-state index < -0.39 is 23.4 Å². The van der Waals surface area contributed by atoms with Crippen molar-refractivity contribution in [2.24, 2.45) is 0 Å². The van der Waals surface area contributed by atoms with E-state index in [0.29, 0.717) is 31.4 Å². The van der Waals surface area contributed by atoms with Crippen molar-refractivity contribution in [3.63, 3.8) is 0 Å². The zero-order chi connectivity index (χ0) is 17.3. The van der Waals surface area contributed by atoms with E-state index in [1.165, 1.54) is 16.2 Å². The Hall–Kier alpha value is -1.60. The van der Waals surface area contributed by atoms with E-state index in [4.69, 9.17) is 11.6 Å². The first-order chi connectivity index (χ1) is 11.5. The fourth-order valence-electron chi connectivity index (χ4n) is 2.94. The second-order valence-corrected chi connectivity index (χ2v) is 6.83. The molecule has 1 aliphatic rings. The molecule has 1 heterocycles. The molecule has 1 aromatic carbocycles. The molecule has 0 spiro atoms. The third kappa shape index (κ3) is 3.42. The zero-order valence-corrected chi connectivity index (χ0v) is 14.1. The lowest BCUT2D eigenvalue weighted by atomic mass is 9.95. The Balaban J connectivity index is 1.87. The number of aryl methyl sites for hydroxylation is 1. The van der Waals surface area contributed by atoms with Crippen molar-refractivity contribution < 1.29 is 18.0 Å². The van der Waals surface area contributed by atoms with E-state index in [1.807, 2.05) is 0 Å². The molecule has 0 saturated heterocycles. The minimum Gasteiger partial charge on any atom is -0.334 e. The zero-order valence-electron chi connectivity index (χ0n) is 12.6. The maximum Gasteiger partial charge on any atom is 0.238 e. The number of carbonyl (C=O) groups excluding carboxylic acids is 1. The maximum absolute atomic E-state index is 13.9. The highest BCUT2D eigenvalue weighted by molar-refractivity contribution is 7.09. The lowest BCUT2D eigenvalue weighted by Gasteiger charge is -2.34. The van der Waals surface area contributed by atoms with Crippen LogP contribution in [0.5, 0.6) is 0 Å². The van der Waals surface area contributed by atoms with Crippen LogP contribution in [0, 0.1) is 17.5 Å². The third-order valence-corrected chi connectivity index (χ3v) is 5.30. The van der Waals surface area contributed by atoms with Crippen LogP contribution in [0.2, 0.25) is 0 Å². The second-order valence-electron chi connectivity index (χ2n) is 5.62. The Morgan fingerprint density at radius 1 is 1.33 bits per heavy atom. The summed E-state index contributed by atoms with van der Waals surface area (Å²) in [6, 6.07) is 1.02. The van der Waals surface area contributed by atoms with Crippen LogP contribution < -0.4 is 0 Å². The van der Waals surface area contributed by atoms with E-state index in [0.717, 1.165) is 10.6 Å². The molecule has 2 aromatic rings. The van der Waals surface area contributed by atoms with Crippen molar-refractivity contribution in [3.05, 3.63) is 51.2 Å². The number of alkyl halides is 1. The number of fused-ring (bicyclic) bond motifs is 1. The molecule has 0 fully saturated rings. The van der Waals surface area contributed by atoms with Gasteiger partial charge in [0.25, 0.3) is 0 Å². The molecule has 1 unspecified atom stereocenters. The Labute approximate surface area is 146 Å². The summed E-state index contributed by atoms with van der Waals surface area (Å²) in [7, 11) is 0. The quantitative estimate of drug-likeness (QED) is 0.765. The van der Waals surface area contributed by atoms with Gasteiger partial charge in [0, 0.05) is 35.0 Å². The number of aromatic nitrogens is 1. The maximum atomic E-state index is 13.9. The first-order valence-corrected chi connectivity index (χ1v) is 8.81. The highest BCUT2D eigenvalue weighted by atomic mass is 35.5. The van der Waals surface area contributed by atoms with E-state index >= 15 is 0 Å². The molecule has 3 nitrogen and oxygen atoms in total. The predicted molar refractivity (Wildman–Crippen MR) is 85.5 cm³/mol.